The predicted molar refractivity (Wildman–Crippen MR) is 77.2 cm³/mol. The standard InChI is InChI=1S/C13H20N2O3S/c1-4-15(9-16)13-6-5-11(8-14-19(17)18)7-12(13)10(2)3/h5-7,9-10,14H,4,8H2,1-3H3,(H,17,18). The Balaban J connectivity index is 3.07. The maximum Gasteiger partial charge on any atom is 0.232 e. The third kappa shape index (κ3) is 4.41. The zero-order valence-corrected chi connectivity index (χ0v) is 12.2. The van der Waals surface area contributed by atoms with Gasteiger partial charge in [0.15, 0.2) is 0 Å². The third-order valence-corrected chi connectivity index (χ3v) is 3.28. The van der Waals surface area contributed by atoms with E-state index in [1.54, 1.807) is 4.90 Å². The van der Waals surface area contributed by atoms with Crippen LogP contribution in [0.5, 0.6) is 0 Å². The van der Waals surface area contributed by atoms with Crippen LogP contribution in [0.3, 0.4) is 0 Å². The van der Waals surface area contributed by atoms with Crippen LogP contribution in [-0.4, -0.2) is 21.7 Å². The highest BCUT2D eigenvalue weighted by molar-refractivity contribution is 7.77. The number of hydrogen-bond acceptors (Lipinski definition) is 2. The molecule has 1 amide bonds. The van der Waals surface area contributed by atoms with Crippen molar-refractivity contribution in [3.63, 3.8) is 0 Å². The van der Waals surface area contributed by atoms with E-state index in [4.69, 9.17) is 4.55 Å². The molecule has 1 aromatic carbocycles. The van der Waals surface area contributed by atoms with Gasteiger partial charge in [-0.25, -0.2) is 8.93 Å². The molecule has 1 atom stereocenters. The minimum Gasteiger partial charge on any atom is -0.315 e. The minimum atomic E-state index is -2.02. The van der Waals surface area contributed by atoms with Crippen LogP contribution in [0, 0.1) is 0 Å². The average molecular weight is 284 g/mol. The highest BCUT2D eigenvalue weighted by Crippen LogP contribution is 2.28. The molecule has 1 unspecified atom stereocenters. The van der Waals surface area contributed by atoms with E-state index in [-0.39, 0.29) is 5.92 Å². The molecular formula is C13H20N2O3S. The van der Waals surface area contributed by atoms with Gasteiger partial charge in [0.25, 0.3) is 0 Å². The molecule has 0 aromatic heterocycles. The van der Waals surface area contributed by atoms with Crippen LogP contribution in [0.25, 0.3) is 0 Å². The lowest BCUT2D eigenvalue weighted by Gasteiger charge is -2.22. The molecular weight excluding hydrogens is 264 g/mol. The Morgan fingerprint density at radius 3 is 2.63 bits per heavy atom. The molecule has 1 aromatic rings. The summed E-state index contributed by atoms with van der Waals surface area (Å²) in [6, 6.07) is 5.70. The second kappa shape index (κ2) is 7.37. The van der Waals surface area contributed by atoms with Crippen LogP contribution in [0.1, 0.15) is 37.8 Å². The van der Waals surface area contributed by atoms with Crippen LogP contribution in [0.4, 0.5) is 5.69 Å². The summed E-state index contributed by atoms with van der Waals surface area (Å²) in [5.74, 6) is 0.267. The molecule has 0 bridgehead atoms. The van der Waals surface area contributed by atoms with Gasteiger partial charge in [0.05, 0.1) is 0 Å². The van der Waals surface area contributed by atoms with Crippen LogP contribution in [-0.2, 0) is 22.6 Å². The molecule has 0 aliphatic heterocycles. The molecule has 2 N–H and O–H groups in total. The van der Waals surface area contributed by atoms with Gasteiger partial charge in [-0.15, -0.1) is 0 Å². The number of nitrogens with zero attached hydrogens (tertiary/aromatic N) is 1. The van der Waals surface area contributed by atoms with Gasteiger partial charge in [-0.05, 0) is 30.0 Å². The van der Waals surface area contributed by atoms with Gasteiger partial charge in [0.2, 0.25) is 17.7 Å². The fourth-order valence-corrected chi connectivity index (χ4v) is 2.17. The first-order chi connectivity index (χ1) is 8.99. The topological polar surface area (TPSA) is 69.6 Å². The summed E-state index contributed by atoms with van der Waals surface area (Å²) in [6.45, 7) is 6.96. The second-order valence-electron chi connectivity index (χ2n) is 4.51. The van der Waals surface area contributed by atoms with Crippen LogP contribution in [0.2, 0.25) is 0 Å². The van der Waals surface area contributed by atoms with E-state index in [1.807, 2.05) is 25.1 Å². The molecule has 0 aliphatic carbocycles. The molecule has 6 heteroatoms. The van der Waals surface area contributed by atoms with Gasteiger partial charge in [-0.1, -0.05) is 26.0 Å². The molecule has 106 valence electrons. The Hall–Kier alpha value is -1.24. The number of anilines is 1. The molecule has 5 nitrogen and oxygen atoms in total. The maximum absolute atomic E-state index is 11.1. The molecule has 19 heavy (non-hydrogen) atoms. The van der Waals surface area contributed by atoms with Gasteiger partial charge >= 0.3 is 0 Å². The predicted octanol–water partition coefficient (Wildman–Crippen LogP) is 2.02. The number of nitrogens with one attached hydrogen (secondary N) is 1. The van der Waals surface area contributed by atoms with E-state index in [9.17, 15) is 9.00 Å². The zero-order chi connectivity index (χ0) is 14.4. The second-order valence-corrected chi connectivity index (χ2v) is 5.30. The van der Waals surface area contributed by atoms with Crippen molar-refractivity contribution in [1.82, 2.24) is 4.72 Å². The summed E-state index contributed by atoms with van der Waals surface area (Å²) >= 11 is -2.02. The number of benzene rings is 1. The lowest BCUT2D eigenvalue weighted by Crippen LogP contribution is -2.22. The van der Waals surface area contributed by atoms with E-state index in [0.29, 0.717) is 13.1 Å². The highest BCUT2D eigenvalue weighted by atomic mass is 32.2. The van der Waals surface area contributed by atoms with Crippen LogP contribution >= 0.6 is 0 Å². The Labute approximate surface area is 116 Å². The maximum atomic E-state index is 11.1. The smallest absolute Gasteiger partial charge is 0.232 e. The van der Waals surface area contributed by atoms with Crippen molar-refractivity contribution in [2.75, 3.05) is 11.4 Å². The molecule has 0 saturated carbocycles. The SMILES string of the molecule is CCN(C=O)c1ccc(CNS(=O)O)cc1C(C)C. The van der Waals surface area contributed by atoms with Crippen LogP contribution < -0.4 is 9.62 Å². The van der Waals surface area contributed by atoms with E-state index in [1.165, 1.54) is 0 Å². The summed E-state index contributed by atoms with van der Waals surface area (Å²) in [4.78, 5) is 12.7. The summed E-state index contributed by atoms with van der Waals surface area (Å²) in [7, 11) is 0. The molecule has 0 fully saturated rings. The monoisotopic (exact) mass is 284 g/mol. The van der Waals surface area contributed by atoms with E-state index < -0.39 is 11.3 Å². The Kier molecular flexibility index (Phi) is 6.14. The number of rotatable bonds is 7. The Bertz CT molecular complexity index is 463. The van der Waals surface area contributed by atoms with Gasteiger partial charge in [-0.3, -0.25) is 9.35 Å². The van der Waals surface area contributed by atoms with Crippen molar-refractivity contribution in [1.29, 1.82) is 0 Å². The average Bonchev–Trinajstić information content (AvgIpc) is 2.38. The normalized spacial score (nSPS) is 12.5. The van der Waals surface area contributed by atoms with Crippen molar-refractivity contribution in [2.24, 2.45) is 0 Å². The van der Waals surface area contributed by atoms with Gasteiger partial charge in [-0.2, -0.15) is 0 Å². The molecule has 0 spiro atoms. The summed E-state index contributed by atoms with van der Waals surface area (Å²) in [5.41, 5.74) is 2.86. The number of carbonyl (C=O) groups excluding carboxylic acids is 1. The molecule has 0 saturated heterocycles. The minimum absolute atomic E-state index is 0.267. The van der Waals surface area contributed by atoms with E-state index >= 15 is 0 Å². The molecule has 0 aliphatic rings. The lowest BCUT2D eigenvalue weighted by molar-refractivity contribution is -0.107. The summed E-state index contributed by atoms with van der Waals surface area (Å²) in [6.07, 6.45) is 0.821. The van der Waals surface area contributed by atoms with Gasteiger partial charge < -0.3 is 4.90 Å². The molecule has 0 heterocycles. The fraction of sp³-hybridized carbons (Fsp3) is 0.462. The summed E-state index contributed by atoms with van der Waals surface area (Å²) in [5, 5.41) is 0. The fourth-order valence-electron chi connectivity index (χ4n) is 1.88. The van der Waals surface area contributed by atoms with Crippen LogP contribution in [0.15, 0.2) is 18.2 Å². The highest BCUT2D eigenvalue weighted by Gasteiger charge is 2.12. The first-order valence-electron chi connectivity index (χ1n) is 6.18. The first-order valence-corrected chi connectivity index (χ1v) is 7.29. The van der Waals surface area contributed by atoms with Crippen molar-refractivity contribution in [3.8, 4) is 0 Å². The quantitative estimate of drug-likeness (QED) is 0.594. The third-order valence-electron chi connectivity index (χ3n) is 2.89. The lowest BCUT2D eigenvalue weighted by atomic mass is 9.98. The number of hydrogen-bond donors (Lipinski definition) is 2. The van der Waals surface area contributed by atoms with E-state index in [2.05, 4.69) is 18.6 Å². The van der Waals surface area contributed by atoms with Crippen molar-refractivity contribution < 1.29 is 13.6 Å². The first kappa shape index (κ1) is 15.8. The molecule has 0 radical (unpaired) electrons. The number of carbonyl (C=O) groups is 1. The Morgan fingerprint density at radius 2 is 2.16 bits per heavy atom. The van der Waals surface area contributed by atoms with Crippen molar-refractivity contribution in [2.45, 2.75) is 33.2 Å². The largest absolute Gasteiger partial charge is 0.315 e. The van der Waals surface area contributed by atoms with Crippen molar-refractivity contribution in [3.05, 3.63) is 29.3 Å². The molecule has 1 rings (SSSR count). The van der Waals surface area contributed by atoms with Gasteiger partial charge in [0, 0.05) is 18.8 Å². The number of amides is 1. The van der Waals surface area contributed by atoms with E-state index in [0.717, 1.165) is 23.2 Å². The Morgan fingerprint density at radius 1 is 1.47 bits per heavy atom. The zero-order valence-electron chi connectivity index (χ0n) is 11.4. The van der Waals surface area contributed by atoms with Gasteiger partial charge in [0.1, 0.15) is 0 Å². The summed E-state index contributed by atoms with van der Waals surface area (Å²) < 4.78 is 21.8. The van der Waals surface area contributed by atoms with Crippen molar-refractivity contribution >= 4 is 23.4 Å².